The predicted octanol–water partition coefficient (Wildman–Crippen LogP) is 2.76. The number of morpholine rings is 1. The summed E-state index contributed by atoms with van der Waals surface area (Å²) in [5.74, 6) is -1.30. The summed E-state index contributed by atoms with van der Waals surface area (Å²) in [5.41, 5.74) is 1.05. The quantitative estimate of drug-likeness (QED) is 0.738. The number of hydrogen-bond donors (Lipinski definition) is 1. The van der Waals surface area contributed by atoms with Gasteiger partial charge in [-0.3, -0.25) is 9.69 Å². The average Bonchev–Trinajstić information content (AvgIpc) is 2.68. The molecule has 1 fully saturated rings. The fraction of sp³-hybridized carbons (Fsp3) is 0.429. The van der Waals surface area contributed by atoms with Crippen LogP contribution in [0.15, 0.2) is 42.5 Å². The lowest BCUT2D eigenvalue weighted by atomic mass is 9.90. The highest BCUT2D eigenvalue weighted by Crippen LogP contribution is 2.24. The number of nitrogens with zero attached hydrogens (tertiary/aromatic N) is 1. The van der Waals surface area contributed by atoms with Gasteiger partial charge in [-0.15, -0.1) is 0 Å². The van der Waals surface area contributed by atoms with Gasteiger partial charge in [0.1, 0.15) is 6.29 Å². The van der Waals surface area contributed by atoms with E-state index in [1.807, 2.05) is 42.5 Å². The van der Waals surface area contributed by atoms with Gasteiger partial charge in [-0.1, -0.05) is 42.5 Å². The first kappa shape index (κ1) is 18.5. The number of carbonyl (C=O) groups excluding carboxylic acids is 1. The molecule has 2 unspecified atom stereocenters. The van der Waals surface area contributed by atoms with Crippen LogP contribution in [-0.2, 0) is 20.7 Å². The minimum absolute atomic E-state index is 0.228. The summed E-state index contributed by atoms with van der Waals surface area (Å²) < 4.78 is 5.33. The number of aldehydes is 1. The van der Waals surface area contributed by atoms with Gasteiger partial charge in [-0.05, 0) is 35.6 Å². The molecule has 1 N–H and O–H groups in total. The third-order valence-corrected chi connectivity index (χ3v) is 5.18. The molecule has 1 aliphatic heterocycles. The van der Waals surface area contributed by atoms with Crippen molar-refractivity contribution in [2.75, 3.05) is 26.3 Å². The van der Waals surface area contributed by atoms with Crippen molar-refractivity contribution in [3.63, 3.8) is 0 Å². The lowest BCUT2D eigenvalue weighted by Gasteiger charge is -2.31. The number of rotatable bonds is 8. The van der Waals surface area contributed by atoms with Gasteiger partial charge >= 0.3 is 5.97 Å². The number of ether oxygens (including phenoxy) is 1. The minimum Gasteiger partial charge on any atom is -0.481 e. The molecule has 2 atom stereocenters. The van der Waals surface area contributed by atoms with Crippen LogP contribution in [0.5, 0.6) is 0 Å². The molecule has 5 nitrogen and oxygen atoms in total. The minimum atomic E-state index is -0.801. The SMILES string of the molecule is O=CC(CCC(Cc1cccc2ccccc12)C(=O)O)N1CCOCC1. The van der Waals surface area contributed by atoms with E-state index in [9.17, 15) is 14.7 Å². The summed E-state index contributed by atoms with van der Waals surface area (Å²) in [4.78, 5) is 25.4. The average molecular weight is 355 g/mol. The molecular weight excluding hydrogens is 330 g/mol. The first-order chi connectivity index (χ1) is 12.7. The van der Waals surface area contributed by atoms with Crippen LogP contribution >= 0.6 is 0 Å². The van der Waals surface area contributed by atoms with E-state index in [2.05, 4.69) is 4.90 Å². The van der Waals surface area contributed by atoms with Gasteiger partial charge in [0.05, 0.1) is 25.2 Å². The Morgan fingerprint density at radius 1 is 1.12 bits per heavy atom. The number of hydrogen-bond acceptors (Lipinski definition) is 4. The molecule has 0 saturated carbocycles. The second-order valence-corrected chi connectivity index (χ2v) is 6.81. The zero-order chi connectivity index (χ0) is 18.4. The highest BCUT2D eigenvalue weighted by molar-refractivity contribution is 5.86. The van der Waals surface area contributed by atoms with Crippen molar-refractivity contribution in [3.05, 3.63) is 48.0 Å². The topological polar surface area (TPSA) is 66.8 Å². The molecule has 2 aromatic rings. The third-order valence-electron chi connectivity index (χ3n) is 5.18. The Morgan fingerprint density at radius 2 is 1.85 bits per heavy atom. The standard InChI is InChI=1S/C21H25NO4/c23-15-19(22-10-12-26-13-11-22)9-8-18(21(24)25)14-17-6-3-5-16-4-1-2-7-20(16)17/h1-7,15,18-19H,8-14H2,(H,24,25). The van der Waals surface area contributed by atoms with Gasteiger partial charge in [0.15, 0.2) is 0 Å². The van der Waals surface area contributed by atoms with Crippen molar-refractivity contribution in [1.82, 2.24) is 4.90 Å². The normalized spacial score (nSPS) is 17.7. The first-order valence-corrected chi connectivity index (χ1v) is 9.15. The Hall–Kier alpha value is -2.24. The number of carboxylic acid groups (broad SMARTS) is 1. The smallest absolute Gasteiger partial charge is 0.306 e. The van der Waals surface area contributed by atoms with Crippen LogP contribution in [0.3, 0.4) is 0 Å². The second kappa shape index (κ2) is 8.92. The summed E-state index contributed by atoms with van der Waals surface area (Å²) in [5, 5.41) is 11.9. The number of fused-ring (bicyclic) bond motifs is 1. The molecule has 0 bridgehead atoms. The largest absolute Gasteiger partial charge is 0.481 e. The summed E-state index contributed by atoms with van der Waals surface area (Å²) in [6.45, 7) is 2.71. The van der Waals surface area contributed by atoms with E-state index in [0.29, 0.717) is 32.5 Å². The molecule has 0 aromatic heterocycles. The zero-order valence-corrected chi connectivity index (χ0v) is 14.8. The molecule has 0 radical (unpaired) electrons. The highest BCUT2D eigenvalue weighted by atomic mass is 16.5. The molecule has 3 rings (SSSR count). The first-order valence-electron chi connectivity index (χ1n) is 9.15. The van der Waals surface area contributed by atoms with Crippen molar-refractivity contribution in [2.45, 2.75) is 25.3 Å². The van der Waals surface area contributed by atoms with Gasteiger partial charge in [-0.2, -0.15) is 0 Å². The Labute approximate surface area is 153 Å². The summed E-state index contributed by atoms with van der Waals surface area (Å²) in [6.07, 6.45) is 2.47. The Kier molecular flexibility index (Phi) is 6.36. The van der Waals surface area contributed by atoms with Crippen molar-refractivity contribution < 1.29 is 19.4 Å². The molecule has 1 aliphatic rings. The van der Waals surface area contributed by atoms with Crippen LogP contribution in [0.4, 0.5) is 0 Å². The predicted molar refractivity (Wildman–Crippen MR) is 100 cm³/mol. The van der Waals surface area contributed by atoms with Gasteiger partial charge in [0.2, 0.25) is 0 Å². The van der Waals surface area contributed by atoms with Gasteiger partial charge < -0.3 is 14.6 Å². The zero-order valence-electron chi connectivity index (χ0n) is 14.8. The second-order valence-electron chi connectivity index (χ2n) is 6.81. The van der Waals surface area contributed by atoms with E-state index in [4.69, 9.17) is 4.74 Å². The maximum absolute atomic E-state index is 11.8. The Balaban J connectivity index is 1.68. The van der Waals surface area contributed by atoms with E-state index in [0.717, 1.165) is 35.7 Å². The number of aliphatic carboxylic acids is 1. The Morgan fingerprint density at radius 3 is 2.58 bits per heavy atom. The third kappa shape index (κ3) is 4.48. The summed E-state index contributed by atoms with van der Waals surface area (Å²) in [6, 6.07) is 13.8. The molecule has 0 amide bonds. The van der Waals surface area contributed by atoms with Crippen molar-refractivity contribution >= 4 is 23.0 Å². The molecule has 1 heterocycles. The van der Waals surface area contributed by atoms with Crippen LogP contribution < -0.4 is 0 Å². The van der Waals surface area contributed by atoms with Gasteiger partial charge in [-0.25, -0.2) is 0 Å². The lowest BCUT2D eigenvalue weighted by molar-refractivity contribution is -0.142. The Bertz CT molecular complexity index is 749. The van der Waals surface area contributed by atoms with Gasteiger partial charge in [0.25, 0.3) is 0 Å². The maximum Gasteiger partial charge on any atom is 0.306 e. The lowest BCUT2D eigenvalue weighted by Crippen LogP contribution is -2.44. The fourth-order valence-corrected chi connectivity index (χ4v) is 3.67. The molecule has 0 aliphatic carbocycles. The summed E-state index contributed by atoms with van der Waals surface area (Å²) >= 11 is 0. The van der Waals surface area contributed by atoms with Crippen LogP contribution in [0.25, 0.3) is 10.8 Å². The van der Waals surface area contributed by atoms with Crippen LogP contribution in [0.1, 0.15) is 18.4 Å². The molecule has 0 spiro atoms. The molecule has 1 saturated heterocycles. The molecular formula is C21H25NO4. The number of carboxylic acids is 1. The summed E-state index contributed by atoms with van der Waals surface area (Å²) in [7, 11) is 0. The monoisotopic (exact) mass is 355 g/mol. The van der Waals surface area contributed by atoms with Crippen LogP contribution in [0.2, 0.25) is 0 Å². The number of benzene rings is 2. The van der Waals surface area contributed by atoms with Crippen molar-refractivity contribution in [3.8, 4) is 0 Å². The van der Waals surface area contributed by atoms with E-state index in [1.165, 1.54) is 0 Å². The van der Waals surface area contributed by atoms with Crippen LogP contribution in [-0.4, -0.2) is 54.6 Å². The van der Waals surface area contributed by atoms with E-state index >= 15 is 0 Å². The molecule has 2 aromatic carbocycles. The molecule has 138 valence electrons. The van der Waals surface area contributed by atoms with Crippen LogP contribution in [0, 0.1) is 5.92 Å². The van der Waals surface area contributed by atoms with E-state index in [-0.39, 0.29) is 6.04 Å². The molecule has 5 heteroatoms. The van der Waals surface area contributed by atoms with E-state index in [1.54, 1.807) is 0 Å². The highest BCUT2D eigenvalue weighted by Gasteiger charge is 2.25. The number of carbonyl (C=O) groups is 2. The van der Waals surface area contributed by atoms with Crippen molar-refractivity contribution in [1.29, 1.82) is 0 Å². The van der Waals surface area contributed by atoms with Crippen molar-refractivity contribution in [2.24, 2.45) is 5.92 Å². The van der Waals surface area contributed by atoms with E-state index < -0.39 is 11.9 Å². The maximum atomic E-state index is 11.8. The molecule has 26 heavy (non-hydrogen) atoms. The fourth-order valence-electron chi connectivity index (χ4n) is 3.67. The van der Waals surface area contributed by atoms with Gasteiger partial charge in [0, 0.05) is 13.1 Å².